The van der Waals surface area contributed by atoms with Crippen LogP contribution in [0.25, 0.3) is 0 Å². The fourth-order valence-electron chi connectivity index (χ4n) is 1.52. The van der Waals surface area contributed by atoms with Crippen molar-refractivity contribution in [2.45, 2.75) is 18.1 Å². The number of hydrogen-bond donors (Lipinski definition) is 2. The van der Waals surface area contributed by atoms with Crippen molar-refractivity contribution < 1.29 is 8.42 Å². The van der Waals surface area contributed by atoms with Crippen molar-refractivity contribution in [3.8, 4) is 0 Å². The van der Waals surface area contributed by atoms with Gasteiger partial charge in [0.1, 0.15) is 4.21 Å². The van der Waals surface area contributed by atoms with E-state index >= 15 is 0 Å². The van der Waals surface area contributed by atoms with E-state index in [0.29, 0.717) is 15.8 Å². The largest absolute Gasteiger partial charge is 0.398 e. The minimum atomic E-state index is -3.56. The van der Waals surface area contributed by atoms with E-state index in [1.54, 1.807) is 24.3 Å². The Balaban J connectivity index is 2.38. The van der Waals surface area contributed by atoms with E-state index in [-0.39, 0.29) is 4.21 Å². The molecule has 0 bridgehead atoms. The molecule has 0 spiro atoms. The van der Waals surface area contributed by atoms with Gasteiger partial charge in [-0.3, -0.25) is 4.72 Å². The molecule has 0 saturated heterocycles. The van der Waals surface area contributed by atoms with E-state index in [1.165, 1.54) is 11.3 Å². The van der Waals surface area contributed by atoms with Gasteiger partial charge in [-0.2, -0.15) is 0 Å². The molecule has 4 nitrogen and oxygen atoms in total. The maximum absolute atomic E-state index is 12.2. The van der Waals surface area contributed by atoms with Crippen LogP contribution in [0, 0.1) is 13.8 Å². The normalized spacial score (nSPS) is 11.5. The topological polar surface area (TPSA) is 72.2 Å². The predicted molar refractivity (Wildman–Crippen MR) is 83.2 cm³/mol. The van der Waals surface area contributed by atoms with Crippen molar-refractivity contribution in [1.29, 1.82) is 0 Å². The highest BCUT2D eigenvalue weighted by Crippen LogP contribution is 2.31. The lowest BCUT2D eigenvalue weighted by atomic mass is 10.2. The monoisotopic (exact) mass is 360 g/mol. The summed E-state index contributed by atoms with van der Waals surface area (Å²) < 4.78 is 27.9. The summed E-state index contributed by atoms with van der Waals surface area (Å²) in [6.45, 7) is 3.73. The third-order valence-electron chi connectivity index (χ3n) is 2.58. The standard InChI is InChI=1S/C12H13BrN2O2S2/c1-7-5-9(13)11(6-10(7)14)15-19(16,17)12-4-3-8(2)18-12/h3-6,15H,14H2,1-2H3. The second-order valence-corrected chi connectivity index (χ2v) is 8.21. The van der Waals surface area contributed by atoms with E-state index in [4.69, 9.17) is 5.73 Å². The Labute approximate surface area is 124 Å². The molecule has 0 aliphatic rings. The fraction of sp³-hybridized carbons (Fsp3) is 0.167. The van der Waals surface area contributed by atoms with Gasteiger partial charge in [-0.1, -0.05) is 0 Å². The Morgan fingerprint density at radius 1 is 1.26 bits per heavy atom. The molecular weight excluding hydrogens is 348 g/mol. The average molecular weight is 361 g/mol. The summed E-state index contributed by atoms with van der Waals surface area (Å²) in [5, 5.41) is 0. The highest BCUT2D eigenvalue weighted by molar-refractivity contribution is 9.10. The molecule has 0 aliphatic carbocycles. The smallest absolute Gasteiger partial charge is 0.271 e. The first-order valence-electron chi connectivity index (χ1n) is 5.44. The number of rotatable bonds is 3. The Kier molecular flexibility index (Phi) is 3.89. The molecule has 2 rings (SSSR count). The number of nitrogens with one attached hydrogen (secondary N) is 1. The molecule has 1 aromatic heterocycles. The summed E-state index contributed by atoms with van der Waals surface area (Å²) in [6.07, 6.45) is 0. The Bertz CT molecular complexity index is 723. The van der Waals surface area contributed by atoms with E-state index in [1.807, 2.05) is 13.8 Å². The van der Waals surface area contributed by atoms with Crippen LogP contribution in [0.2, 0.25) is 0 Å². The average Bonchev–Trinajstić information content (AvgIpc) is 2.73. The molecule has 102 valence electrons. The first kappa shape index (κ1) is 14.4. The van der Waals surface area contributed by atoms with Crippen LogP contribution in [0.5, 0.6) is 0 Å². The Hall–Kier alpha value is -1.05. The van der Waals surface area contributed by atoms with Crippen LogP contribution >= 0.6 is 27.3 Å². The summed E-state index contributed by atoms with van der Waals surface area (Å²) in [7, 11) is -3.56. The van der Waals surface area contributed by atoms with Gasteiger partial charge in [0.25, 0.3) is 10.0 Å². The molecule has 19 heavy (non-hydrogen) atoms. The zero-order valence-electron chi connectivity index (χ0n) is 10.4. The Morgan fingerprint density at radius 2 is 1.95 bits per heavy atom. The van der Waals surface area contributed by atoms with Crippen LogP contribution in [0.3, 0.4) is 0 Å². The molecule has 0 fully saturated rings. The van der Waals surface area contributed by atoms with Gasteiger partial charge in [0, 0.05) is 15.0 Å². The van der Waals surface area contributed by atoms with Crippen molar-refractivity contribution in [2.24, 2.45) is 0 Å². The molecule has 0 saturated carbocycles. The third-order valence-corrected chi connectivity index (χ3v) is 6.09. The maximum atomic E-state index is 12.2. The molecule has 1 heterocycles. The second kappa shape index (κ2) is 5.15. The Morgan fingerprint density at radius 3 is 2.53 bits per heavy atom. The second-order valence-electron chi connectivity index (χ2n) is 4.16. The molecule has 0 aliphatic heterocycles. The highest BCUT2D eigenvalue weighted by atomic mass is 79.9. The molecule has 0 radical (unpaired) electrons. The van der Waals surface area contributed by atoms with E-state index < -0.39 is 10.0 Å². The summed E-state index contributed by atoms with van der Waals surface area (Å²) >= 11 is 4.56. The molecule has 0 amide bonds. The zero-order chi connectivity index (χ0) is 14.2. The van der Waals surface area contributed by atoms with Gasteiger partial charge in [0.2, 0.25) is 0 Å². The molecule has 2 aromatic rings. The quantitative estimate of drug-likeness (QED) is 0.822. The molecule has 0 unspecified atom stereocenters. The van der Waals surface area contributed by atoms with E-state index in [0.717, 1.165) is 10.4 Å². The van der Waals surface area contributed by atoms with Crippen LogP contribution in [-0.2, 0) is 10.0 Å². The lowest BCUT2D eigenvalue weighted by Crippen LogP contribution is -2.12. The zero-order valence-corrected chi connectivity index (χ0v) is 13.6. The minimum Gasteiger partial charge on any atom is -0.398 e. The van der Waals surface area contributed by atoms with Crippen LogP contribution in [-0.4, -0.2) is 8.42 Å². The lowest BCUT2D eigenvalue weighted by molar-refractivity contribution is 0.603. The molecule has 0 atom stereocenters. The number of sulfonamides is 1. The summed E-state index contributed by atoms with van der Waals surface area (Å²) in [5.41, 5.74) is 7.67. The van der Waals surface area contributed by atoms with Crippen LogP contribution < -0.4 is 10.5 Å². The predicted octanol–water partition coefficient (Wildman–Crippen LogP) is 3.51. The van der Waals surface area contributed by atoms with Crippen molar-refractivity contribution in [3.63, 3.8) is 0 Å². The van der Waals surface area contributed by atoms with Crippen molar-refractivity contribution >= 4 is 48.7 Å². The first-order valence-corrected chi connectivity index (χ1v) is 8.54. The first-order chi connectivity index (χ1) is 8.79. The maximum Gasteiger partial charge on any atom is 0.271 e. The summed E-state index contributed by atoms with van der Waals surface area (Å²) in [5.74, 6) is 0. The third kappa shape index (κ3) is 3.10. The molecule has 3 N–H and O–H groups in total. The van der Waals surface area contributed by atoms with Gasteiger partial charge in [0.15, 0.2) is 0 Å². The number of nitrogens with two attached hydrogens (primary N) is 1. The van der Waals surface area contributed by atoms with Crippen molar-refractivity contribution in [1.82, 2.24) is 0 Å². The van der Waals surface area contributed by atoms with E-state index in [2.05, 4.69) is 20.7 Å². The van der Waals surface area contributed by atoms with E-state index in [9.17, 15) is 8.42 Å². The van der Waals surface area contributed by atoms with Gasteiger partial charge in [-0.15, -0.1) is 11.3 Å². The van der Waals surface area contributed by atoms with Crippen LogP contribution in [0.4, 0.5) is 11.4 Å². The van der Waals surface area contributed by atoms with Gasteiger partial charge in [-0.05, 0) is 59.6 Å². The number of benzene rings is 1. The molecule has 7 heteroatoms. The number of halogens is 1. The fourth-order valence-corrected chi connectivity index (χ4v) is 4.56. The minimum absolute atomic E-state index is 0.288. The number of anilines is 2. The number of hydrogen-bond acceptors (Lipinski definition) is 4. The summed E-state index contributed by atoms with van der Waals surface area (Å²) in [6, 6.07) is 6.76. The molecular formula is C12H13BrN2O2S2. The SMILES string of the molecule is Cc1ccc(S(=O)(=O)Nc2cc(N)c(C)cc2Br)s1. The number of aryl methyl sites for hydroxylation is 2. The molecule has 1 aromatic carbocycles. The highest BCUT2D eigenvalue weighted by Gasteiger charge is 2.18. The van der Waals surface area contributed by atoms with Gasteiger partial charge < -0.3 is 5.73 Å². The van der Waals surface area contributed by atoms with Crippen molar-refractivity contribution in [2.75, 3.05) is 10.5 Å². The van der Waals surface area contributed by atoms with Gasteiger partial charge >= 0.3 is 0 Å². The van der Waals surface area contributed by atoms with Gasteiger partial charge in [-0.25, -0.2) is 8.42 Å². The van der Waals surface area contributed by atoms with Crippen LogP contribution in [0.1, 0.15) is 10.4 Å². The van der Waals surface area contributed by atoms with Gasteiger partial charge in [0.05, 0.1) is 5.69 Å². The van der Waals surface area contributed by atoms with Crippen LogP contribution in [0.15, 0.2) is 32.9 Å². The number of thiophene rings is 1. The lowest BCUT2D eigenvalue weighted by Gasteiger charge is -2.10. The summed E-state index contributed by atoms with van der Waals surface area (Å²) in [4.78, 5) is 0.947. The number of nitrogen functional groups attached to an aromatic ring is 1. The van der Waals surface area contributed by atoms with Crippen molar-refractivity contribution in [3.05, 3.63) is 39.2 Å².